The second kappa shape index (κ2) is 11.3. The van der Waals surface area contributed by atoms with E-state index in [1.165, 1.54) is 24.3 Å². The van der Waals surface area contributed by atoms with E-state index in [0.29, 0.717) is 24.4 Å². The van der Waals surface area contributed by atoms with Crippen molar-refractivity contribution in [1.82, 2.24) is 20.0 Å². The predicted octanol–water partition coefficient (Wildman–Crippen LogP) is 4.53. The van der Waals surface area contributed by atoms with Crippen molar-refractivity contribution in [1.29, 1.82) is 0 Å². The summed E-state index contributed by atoms with van der Waals surface area (Å²) in [4.78, 5) is 17.9. The van der Waals surface area contributed by atoms with Gasteiger partial charge in [0.25, 0.3) is 5.91 Å². The molecule has 1 amide bonds. The summed E-state index contributed by atoms with van der Waals surface area (Å²) in [6, 6.07) is 12.3. The van der Waals surface area contributed by atoms with E-state index < -0.39 is 6.61 Å². The number of carbonyl (C=O) groups excluding carboxylic acids is 1. The lowest BCUT2D eigenvalue weighted by Gasteiger charge is -2.31. The van der Waals surface area contributed by atoms with Gasteiger partial charge in [-0.05, 0) is 54.8 Å². The van der Waals surface area contributed by atoms with E-state index in [0.717, 1.165) is 54.9 Å². The third kappa shape index (κ3) is 5.71. The van der Waals surface area contributed by atoms with Gasteiger partial charge in [-0.15, -0.1) is 0 Å². The highest BCUT2D eigenvalue weighted by molar-refractivity contribution is 6.26. The van der Waals surface area contributed by atoms with Crippen molar-refractivity contribution in [2.45, 2.75) is 31.7 Å². The van der Waals surface area contributed by atoms with Crippen LogP contribution in [0, 0.1) is 0 Å². The molecule has 1 unspecified atom stereocenters. The van der Waals surface area contributed by atoms with Gasteiger partial charge in [-0.1, -0.05) is 12.1 Å². The van der Waals surface area contributed by atoms with Crippen LogP contribution in [0.5, 0.6) is 5.75 Å². The van der Waals surface area contributed by atoms with Gasteiger partial charge in [0.1, 0.15) is 12.4 Å². The van der Waals surface area contributed by atoms with Crippen LogP contribution in [0.3, 0.4) is 0 Å². The summed E-state index contributed by atoms with van der Waals surface area (Å²) in [6.07, 6.45) is 7.88. The second-order valence-electron chi connectivity index (χ2n) is 10.3. The standard InChI is InChI=1S/C29H31F3N6O2/c30-10-14-36-12-8-22(9-13-36)38-17-20(16-34-38)19-1-6-26-25(15-19)24(7-11-33-27-18-37(26)27)28(39)35-21-2-4-23(5-3-21)40-29(31)32/h1-7,15-17,22,27,29,33H,8-14,18H2,(H,35,39). The third-order valence-electron chi connectivity index (χ3n) is 7.72. The summed E-state index contributed by atoms with van der Waals surface area (Å²) < 4.78 is 44.1. The van der Waals surface area contributed by atoms with Crippen LogP contribution in [-0.4, -0.2) is 72.8 Å². The number of hydrogen-bond acceptors (Lipinski definition) is 6. The maximum atomic E-state index is 13.5. The van der Waals surface area contributed by atoms with Crippen LogP contribution in [0.15, 0.2) is 60.9 Å². The fraction of sp³-hybridized carbons (Fsp3) is 0.379. The predicted molar refractivity (Wildman–Crippen MR) is 147 cm³/mol. The number of likely N-dealkylation sites (tertiary alicyclic amines) is 1. The zero-order valence-corrected chi connectivity index (χ0v) is 21.9. The van der Waals surface area contributed by atoms with Gasteiger partial charge in [-0.3, -0.25) is 14.8 Å². The zero-order chi connectivity index (χ0) is 27.6. The molecule has 11 heteroatoms. The molecule has 3 aromatic rings. The van der Waals surface area contributed by atoms with Gasteiger partial charge in [0.15, 0.2) is 0 Å². The highest BCUT2D eigenvalue weighted by Gasteiger charge is 2.37. The molecule has 2 N–H and O–H groups in total. The molecule has 4 heterocycles. The maximum absolute atomic E-state index is 13.5. The quantitative estimate of drug-likeness (QED) is 0.400. The van der Waals surface area contributed by atoms with Crippen molar-refractivity contribution < 1.29 is 22.7 Å². The Morgan fingerprint density at radius 2 is 1.93 bits per heavy atom. The van der Waals surface area contributed by atoms with E-state index in [1.807, 2.05) is 35.3 Å². The molecule has 3 aliphatic heterocycles. The number of nitrogens with one attached hydrogen (secondary N) is 2. The fourth-order valence-corrected chi connectivity index (χ4v) is 5.52. The Hall–Kier alpha value is -3.83. The molecule has 2 fully saturated rings. The third-order valence-corrected chi connectivity index (χ3v) is 7.72. The van der Waals surface area contributed by atoms with Crippen LogP contribution in [-0.2, 0) is 4.79 Å². The average Bonchev–Trinajstić information content (AvgIpc) is 3.52. The van der Waals surface area contributed by atoms with Crippen LogP contribution in [0.25, 0.3) is 16.7 Å². The number of hydrogen-bond donors (Lipinski definition) is 2. The number of carbonyl (C=O) groups is 1. The molecule has 0 spiro atoms. The molecule has 0 saturated carbocycles. The van der Waals surface area contributed by atoms with Gasteiger partial charge >= 0.3 is 6.61 Å². The van der Waals surface area contributed by atoms with Crippen molar-refractivity contribution in [2.24, 2.45) is 0 Å². The highest BCUT2D eigenvalue weighted by atomic mass is 19.3. The molecule has 0 radical (unpaired) electrons. The number of nitrogens with zero attached hydrogens (tertiary/aromatic N) is 4. The van der Waals surface area contributed by atoms with Crippen LogP contribution < -0.4 is 20.3 Å². The summed E-state index contributed by atoms with van der Waals surface area (Å²) >= 11 is 0. The largest absolute Gasteiger partial charge is 0.435 e. The number of alkyl halides is 3. The summed E-state index contributed by atoms with van der Waals surface area (Å²) in [7, 11) is 0. The van der Waals surface area contributed by atoms with Gasteiger partial charge in [0.2, 0.25) is 0 Å². The summed E-state index contributed by atoms with van der Waals surface area (Å²) in [5.74, 6) is -0.269. The van der Waals surface area contributed by atoms with Crippen LogP contribution >= 0.6 is 0 Å². The lowest BCUT2D eigenvalue weighted by Crippen LogP contribution is -2.36. The lowest BCUT2D eigenvalue weighted by molar-refractivity contribution is -0.111. The molecule has 1 aromatic heterocycles. The van der Waals surface area contributed by atoms with Gasteiger partial charge in [0.05, 0.1) is 24.9 Å². The Morgan fingerprint density at radius 1 is 1.12 bits per heavy atom. The van der Waals surface area contributed by atoms with Crippen molar-refractivity contribution in [3.63, 3.8) is 0 Å². The SMILES string of the molecule is O=C(Nc1ccc(OC(F)F)cc1)C1=CCNC2CN2c2ccc(-c3cnn(C4CCN(CCF)CC4)c3)cc21. The number of halogens is 3. The second-order valence-corrected chi connectivity index (χ2v) is 10.3. The molecule has 0 aliphatic carbocycles. The molecular formula is C29H31F3N6O2. The minimum absolute atomic E-state index is 0.0239. The number of fused-ring (bicyclic) bond motifs is 3. The van der Waals surface area contributed by atoms with Gasteiger partial charge in [-0.25, -0.2) is 4.39 Å². The van der Waals surface area contributed by atoms with Crippen molar-refractivity contribution >= 4 is 22.9 Å². The Balaban J connectivity index is 1.23. The molecule has 6 rings (SSSR count). The molecule has 210 valence electrons. The van der Waals surface area contributed by atoms with Gasteiger partial charge < -0.3 is 19.9 Å². The first-order chi connectivity index (χ1) is 19.5. The first kappa shape index (κ1) is 26.4. The Morgan fingerprint density at radius 3 is 2.67 bits per heavy atom. The van der Waals surface area contributed by atoms with E-state index in [1.54, 1.807) is 0 Å². The molecule has 3 aliphatic rings. The molecule has 0 bridgehead atoms. The molecule has 40 heavy (non-hydrogen) atoms. The number of amides is 1. The Kier molecular flexibility index (Phi) is 7.48. The van der Waals surface area contributed by atoms with E-state index in [-0.39, 0.29) is 30.5 Å². The molecule has 8 nitrogen and oxygen atoms in total. The molecule has 2 aromatic carbocycles. The number of piperidine rings is 1. The molecule has 1 atom stereocenters. The first-order valence-electron chi connectivity index (χ1n) is 13.5. The van der Waals surface area contributed by atoms with E-state index >= 15 is 0 Å². The number of rotatable bonds is 8. The molecule has 2 saturated heterocycles. The number of anilines is 2. The molecular weight excluding hydrogens is 521 g/mol. The first-order valence-corrected chi connectivity index (χ1v) is 13.5. The average molecular weight is 553 g/mol. The van der Waals surface area contributed by atoms with Crippen molar-refractivity contribution in [3.8, 4) is 16.9 Å². The minimum Gasteiger partial charge on any atom is -0.435 e. The summed E-state index contributed by atoms with van der Waals surface area (Å²) in [5, 5.41) is 10.9. The normalized spacial score (nSPS) is 19.4. The maximum Gasteiger partial charge on any atom is 0.387 e. The topological polar surface area (TPSA) is 74.4 Å². The van der Waals surface area contributed by atoms with Gasteiger partial charge in [-0.2, -0.15) is 13.9 Å². The summed E-state index contributed by atoms with van der Waals surface area (Å²) in [6.45, 7) is 0.375. The number of benzene rings is 2. The van der Waals surface area contributed by atoms with E-state index in [2.05, 4.69) is 36.3 Å². The van der Waals surface area contributed by atoms with Crippen molar-refractivity contribution in [3.05, 3.63) is 66.5 Å². The highest BCUT2D eigenvalue weighted by Crippen LogP contribution is 2.38. The summed E-state index contributed by atoms with van der Waals surface area (Å²) in [5.41, 5.74) is 4.71. The van der Waals surface area contributed by atoms with E-state index in [9.17, 15) is 18.0 Å². The number of ether oxygens (including phenoxy) is 1. The van der Waals surface area contributed by atoms with Gasteiger partial charge in [0, 0.05) is 60.5 Å². The van der Waals surface area contributed by atoms with E-state index in [4.69, 9.17) is 0 Å². The van der Waals surface area contributed by atoms with Crippen LogP contribution in [0.4, 0.5) is 24.5 Å². The smallest absolute Gasteiger partial charge is 0.387 e. The fourth-order valence-electron chi connectivity index (χ4n) is 5.52. The number of aromatic nitrogens is 2. The Bertz CT molecular complexity index is 1380. The zero-order valence-electron chi connectivity index (χ0n) is 21.9. The Labute approximate surface area is 230 Å². The van der Waals surface area contributed by atoms with Crippen molar-refractivity contribution in [2.75, 3.05) is 49.6 Å². The van der Waals surface area contributed by atoms with Crippen LogP contribution in [0.1, 0.15) is 24.4 Å². The lowest BCUT2D eigenvalue weighted by atomic mass is 9.97. The monoisotopic (exact) mass is 552 g/mol. The minimum atomic E-state index is -2.91. The van der Waals surface area contributed by atoms with Crippen LogP contribution in [0.2, 0.25) is 0 Å².